The van der Waals surface area contributed by atoms with Crippen LogP contribution in [0.2, 0.25) is 0 Å². The molecule has 1 saturated heterocycles. The summed E-state index contributed by atoms with van der Waals surface area (Å²) >= 11 is 0. The van der Waals surface area contributed by atoms with Gasteiger partial charge in [-0.3, -0.25) is 8.78 Å². The van der Waals surface area contributed by atoms with E-state index >= 15 is 0 Å². The molecule has 0 aromatic rings. The highest BCUT2D eigenvalue weighted by atomic mass is 19.4. The van der Waals surface area contributed by atoms with Gasteiger partial charge in [0.25, 0.3) is 0 Å². The van der Waals surface area contributed by atoms with Gasteiger partial charge < -0.3 is 9.47 Å². The van der Waals surface area contributed by atoms with E-state index in [1.54, 1.807) is 0 Å². The fourth-order valence-electron chi connectivity index (χ4n) is 0.900. The summed E-state index contributed by atoms with van der Waals surface area (Å²) in [4.78, 5) is 0. The van der Waals surface area contributed by atoms with E-state index in [0.29, 0.717) is 7.18 Å². The van der Waals surface area contributed by atoms with Crippen molar-refractivity contribution in [3.63, 3.8) is 0 Å². The highest BCUT2D eigenvalue weighted by Gasteiger charge is 2.76. The minimum Gasteiger partial charge on any atom is -0.333 e. The Morgan fingerprint density at radius 2 is 1.00 bits per heavy atom. The van der Waals surface area contributed by atoms with Gasteiger partial charge in [-0.1, -0.05) is 0 Å². The molecule has 1 aliphatic heterocycles. The predicted octanol–water partition coefficient (Wildman–Crippen LogP) is 4.30. The van der Waals surface area contributed by atoms with Gasteiger partial charge in [-0.15, -0.1) is 0 Å². The van der Waals surface area contributed by atoms with Crippen LogP contribution in [0, 0.1) is 0 Å². The summed E-state index contributed by atoms with van der Waals surface area (Å²) in [5.41, 5.74) is 0. The zero-order chi connectivity index (χ0) is 17.7. The van der Waals surface area contributed by atoms with E-state index in [0.717, 1.165) is 0 Å². The van der Waals surface area contributed by atoms with Crippen molar-refractivity contribution < 1.29 is 53.4 Å². The van der Waals surface area contributed by atoms with Crippen molar-refractivity contribution in [1.29, 1.82) is 0 Å². The third-order valence-corrected chi connectivity index (χ3v) is 1.44. The minimum absolute atomic E-state index is 0.250. The molecule has 0 spiro atoms. The van der Waals surface area contributed by atoms with Crippen molar-refractivity contribution in [2.75, 3.05) is 34.0 Å². The van der Waals surface area contributed by atoms with Gasteiger partial charge in [0.1, 0.15) is 0 Å². The first kappa shape index (κ1) is 25.2. The molecule has 0 N–H and O–H groups in total. The predicted molar refractivity (Wildman–Crippen MR) is 52.5 cm³/mol. The lowest BCUT2D eigenvalue weighted by molar-refractivity contribution is -0.439. The van der Waals surface area contributed by atoms with Crippen LogP contribution in [0.4, 0.5) is 43.9 Å². The SMILES string of the molecule is CCF.CF.FC(F)(F)C1(C(F)(F)F)OCCO1.FCF. The first-order valence-corrected chi connectivity index (χ1v) is 5.01. The number of halogens is 10. The monoisotopic (exact) mass is 344 g/mol. The van der Waals surface area contributed by atoms with Gasteiger partial charge in [0.15, 0.2) is 0 Å². The summed E-state index contributed by atoms with van der Waals surface area (Å²) in [5, 5.41) is 0. The van der Waals surface area contributed by atoms with Gasteiger partial charge in [-0.2, -0.15) is 26.3 Å². The van der Waals surface area contributed by atoms with Crippen molar-refractivity contribution in [1.82, 2.24) is 0 Å². The molecule has 0 atom stereocenters. The lowest BCUT2D eigenvalue weighted by atomic mass is 10.2. The van der Waals surface area contributed by atoms with Crippen molar-refractivity contribution >= 4 is 0 Å². The maximum atomic E-state index is 11.9. The summed E-state index contributed by atoms with van der Waals surface area (Å²) < 4.78 is 118. The molecule has 132 valence electrons. The Bertz CT molecular complexity index is 204. The summed E-state index contributed by atoms with van der Waals surface area (Å²) in [6.07, 6.45) is -11.2. The van der Waals surface area contributed by atoms with Gasteiger partial charge >= 0.3 is 18.1 Å². The van der Waals surface area contributed by atoms with Gasteiger partial charge in [-0.25, -0.2) is 8.78 Å². The fourth-order valence-corrected chi connectivity index (χ4v) is 0.900. The van der Waals surface area contributed by atoms with E-state index < -0.39 is 38.3 Å². The Morgan fingerprint density at radius 3 is 1.10 bits per heavy atom. The minimum atomic E-state index is -5.61. The highest BCUT2D eigenvalue weighted by Crippen LogP contribution is 2.48. The van der Waals surface area contributed by atoms with E-state index in [4.69, 9.17) is 0 Å². The highest BCUT2D eigenvalue weighted by molar-refractivity contribution is 4.89. The molecule has 0 aromatic carbocycles. The molecule has 2 nitrogen and oxygen atoms in total. The van der Waals surface area contributed by atoms with Gasteiger partial charge in [0, 0.05) is 0 Å². The van der Waals surface area contributed by atoms with Crippen LogP contribution in [0.15, 0.2) is 0 Å². The third kappa shape index (κ3) is 8.29. The van der Waals surface area contributed by atoms with Crippen molar-refractivity contribution in [3.8, 4) is 0 Å². The van der Waals surface area contributed by atoms with E-state index in [-0.39, 0.29) is 6.67 Å². The topological polar surface area (TPSA) is 18.5 Å². The van der Waals surface area contributed by atoms with Crippen LogP contribution in [-0.4, -0.2) is 52.1 Å². The van der Waals surface area contributed by atoms with Gasteiger partial charge in [0.2, 0.25) is 6.93 Å². The second-order valence-corrected chi connectivity index (χ2v) is 2.68. The zero-order valence-electron chi connectivity index (χ0n) is 10.9. The lowest BCUT2D eigenvalue weighted by Gasteiger charge is -2.30. The first-order chi connectivity index (χ1) is 9.54. The average molecular weight is 344 g/mol. The number of alkyl halides is 10. The summed E-state index contributed by atoms with van der Waals surface area (Å²) in [5.74, 6) is -4.43. The van der Waals surface area contributed by atoms with Crippen molar-refractivity contribution in [2.24, 2.45) is 0 Å². The van der Waals surface area contributed by atoms with E-state index in [9.17, 15) is 43.9 Å². The van der Waals surface area contributed by atoms with E-state index in [1.165, 1.54) is 6.92 Å². The molecule has 1 aliphatic rings. The molecule has 0 radical (unpaired) electrons. The molecule has 1 rings (SSSR count). The number of ether oxygens (including phenoxy) is 2. The first-order valence-electron chi connectivity index (χ1n) is 5.01. The third-order valence-electron chi connectivity index (χ3n) is 1.44. The van der Waals surface area contributed by atoms with E-state index in [2.05, 4.69) is 9.47 Å². The summed E-state index contributed by atoms with van der Waals surface area (Å²) in [6.45, 7) is -1.99. The quantitative estimate of drug-likeness (QED) is 0.610. The molecular formula is C9H14F10O2. The molecule has 0 saturated carbocycles. The molecule has 0 bridgehead atoms. The molecule has 0 aromatic heterocycles. The standard InChI is InChI=1S/C5H4F6O2.C2H5F.CH2F2.CH3F/c6-4(7,8)3(5(9,10)11)12-1-2-13-3;1-2-3;2-1-3;1-2/h1-2H2;2H2,1H3;1H2;1H3. The smallest absolute Gasteiger partial charge is 0.333 e. The van der Waals surface area contributed by atoms with Gasteiger partial charge in [0.05, 0.1) is 27.1 Å². The molecule has 0 unspecified atom stereocenters. The molecule has 12 heteroatoms. The number of hydrogen-bond donors (Lipinski definition) is 0. The normalized spacial score (nSPS) is 16.6. The largest absolute Gasteiger partial charge is 0.453 e. The molecule has 21 heavy (non-hydrogen) atoms. The molecule has 0 amide bonds. The maximum Gasteiger partial charge on any atom is 0.453 e. The van der Waals surface area contributed by atoms with Crippen LogP contribution in [0.3, 0.4) is 0 Å². The van der Waals surface area contributed by atoms with Crippen LogP contribution in [0.5, 0.6) is 0 Å². The summed E-state index contributed by atoms with van der Waals surface area (Å²) in [6, 6.07) is 0. The fraction of sp³-hybridized carbons (Fsp3) is 1.00. The van der Waals surface area contributed by atoms with Crippen molar-refractivity contribution in [3.05, 3.63) is 0 Å². The van der Waals surface area contributed by atoms with Crippen molar-refractivity contribution in [2.45, 2.75) is 25.1 Å². The number of rotatable bonds is 0. The van der Waals surface area contributed by atoms with Crippen LogP contribution in [-0.2, 0) is 9.47 Å². The Morgan fingerprint density at radius 1 is 0.810 bits per heavy atom. The van der Waals surface area contributed by atoms with Crippen LogP contribution in [0.1, 0.15) is 6.92 Å². The molecule has 1 heterocycles. The van der Waals surface area contributed by atoms with Crippen LogP contribution >= 0.6 is 0 Å². The van der Waals surface area contributed by atoms with E-state index in [1.807, 2.05) is 0 Å². The Labute approximate surface area is 114 Å². The molecule has 1 fully saturated rings. The van der Waals surface area contributed by atoms with Crippen LogP contribution < -0.4 is 0 Å². The Kier molecular flexibility index (Phi) is 14.2. The van der Waals surface area contributed by atoms with Gasteiger partial charge in [-0.05, 0) is 6.92 Å². The molecule has 0 aliphatic carbocycles. The lowest BCUT2D eigenvalue weighted by Crippen LogP contribution is -2.57. The zero-order valence-corrected chi connectivity index (χ0v) is 10.9. The Balaban J connectivity index is -0.000000342. The Hall–Kier alpha value is -0.780. The number of hydrogen-bond acceptors (Lipinski definition) is 2. The maximum absolute atomic E-state index is 11.9. The van der Waals surface area contributed by atoms with Crippen LogP contribution in [0.25, 0.3) is 0 Å². The second kappa shape index (κ2) is 11.8. The second-order valence-electron chi connectivity index (χ2n) is 2.68. The average Bonchev–Trinajstić information content (AvgIpc) is 2.82. The summed E-state index contributed by atoms with van der Waals surface area (Å²) in [7, 11) is 0.500. The molecular weight excluding hydrogens is 330 g/mol.